The third-order valence-electron chi connectivity index (χ3n) is 5.73. The summed E-state index contributed by atoms with van der Waals surface area (Å²) in [6.45, 7) is 4.86. The largest absolute Gasteiger partial charge is 0.492 e. The molecule has 2 heterocycles. The van der Waals surface area contributed by atoms with E-state index < -0.39 is 17.6 Å². The molecule has 0 fully saturated rings. The zero-order valence-electron chi connectivity index (χ0n) is 20.4. The summed E-state index contributed by atoms with van der Waals surface area (Å²) in [5.74, 6) is 0.345. The summed E-state index contributed by atoms with van der Waals surface area (Å²) >= 11 is 0. The maximum absolute atomic E-state index is 13.5. The fourth-order valence-corrected chi connectivity index (χ4v) is 4.02. The summed E-state index contributed by atoms with van der Waals surface area (Å²) < 4.78 is 44.8. The molecule has 1 aromatic heterocycles. The Morgan fingerprint density at radius 2 is 1.92 bits per heavy atom. The molecule has 2 N–H and O–H groups in total. The first kappa shape index (κ1) is 25.7. The number of benzene rings is 2. The van der Waals surface area contributed by atoms with Gasteiger partial charge in [-0.1, -0.05) is 12.1 Å². The third-order valence-corrected chi connectivity index (χ3v) is 5.73. The van der Waals surface area contributed by atoms with Gasteiger partial charge >= 0.3 is 12.2 Å². The highest BCUT2D eigenvalue weighted by molar-refractivity contribution is 6.09. The number of ether oxygens (including phenoxy) is 1. The van der Waals surface area contributed by atoms with E-state index in [-0.39, 0.29) is 29.6 Å². The number of halogens is 3. The molecule has 2 aromatic carbocycles. The second-order valence-electron chi connectivity index (χ2n) is 8.08. The second kappa shape index (κ2) is 10.3. The summed E-state index contributed by atoms with van der Waals surface area (Å²) in [5.41, 5.74) is 0.175. The van der Waals surface area contributed by atoms with Gasteiger partial charge in [0.15, 0.2) is 5.75 Å². The van der Waals surface area contributed by atoms with Crippen LogP contribution in [0.4, 0.5) is 41.1 Å². The number of hydrogen-bond acceptors (Lipinski definition) is 6. The normalized spacial score (nSPS) is 13.3. The number of anilines is 4. The number of aromatic nitrogens is 2. The molecule has 0 saturated heterocycles. The predicted octanol–water partition coefficient (Wildman–Crippen LogP) is 5.15. The van der Waals surface area contributed by atoms with Crippen LogP contribution in [0.5, 0.6) is 5.75 Å². The third kappa shape index (κ3) is 5.13. The number of para-hydroxylation sites is 1. The molecule has 37 heavy (non-hydrogen) atoms. The fraction of sp³-hybridized carbons (Fsp3) is 0.280. The van der Waals surface area contributed by atoms with Crippen molar-refractivity contribution < 1.29 is 27.5 Å². The van der Waals surface area contributed by atoms with Gasteiger partial charge in [0.2, 0.25) is 5.95 Å². The van der Waals surface area contributed by atoms with Crippen molar-refractivity contribution in [2.24, 2.45) is 0 Å². The topological polar surface area (TPSA) is 99.7 Å². The van der Waals surface area contributed by atoms with Crippen molar-refractivity contribution in [1.29, 1.82) is 0 Å². The predicted molar refractivity (Wildman–Crippen MR) is 133 cm³/mol. The van der Waals surface area contributed by atoms with E-state index >= 15 is 0 Å². The standard InChI is InChI=1S/C25H25F3N6O3/c1-4-29-23-30-13-16-14-34(24(36)33(5-2)21(16)32-23)19-11-7-10-18(20(19)37-3)31-22(35)15-8-6-9-17(12-15)25(26,27)28/h6-13H,4-5,14H2,1-3H3,(H,31,35)(H,29,30,32). The molecule has 3 amide bonds. The lowest BCUT2D eigenvalue weighted by atomic mass is 10.1. The molecule has 0 unspecified atom stereocenters. The number of fused-ring (bicyclic) bond motifs is 1. The minimum absolute atomic E-state index is 0.151. The van der Waals surface area contributed by atoms with E-state index in [1.54, 1.807) is 24.4 Å². The Morgan fingerprint density at radius 3 is 2.59 bits per heavy atom. The van der Waals surface area contributed by atoms with Crippen LogP contribution in [-0.4, -0.2) is 42.1 Å². The number of carbonyl (C=O) groups excluding carboxylic acids is 2. The van der Waals surface area contributed by atoms with Crippen LogP contribution < -0.4 is 25.2 Å². The van der Waals surface area contributed by atoms with Gasteiger partial charge in [-0.25, -0.2) is 9.78 Å². The van der Waals surface area contributed by atoms with Crippen LogP contribution in [0.15, 0.2) is 48.7 Å². The molecule has 0 aliphatic carbocycles. The molecule has 0 atom stereocenters. The first-order valence-electron chi connectivity index (χ1n) is 11.5. The Kier molecular flexibility index (Phi) is 7.18. The Labute approximate surface area is 211 Å². The van der Waals surface area contributed by atoms with E-state index in [0.717, 1.165) is 18.2 Å². The summed E-state index contributed by atoms with van der Waals surface area (Å²) in [7, 11) is 1.38. The highest BCUT2D eigenvalue weighted by Gasteiger charge is 2.34. The highest BCUT2D eigenvalue weighted by atomic mass is 19.4. The van der Waals surface area contributed by atoms with Crippen molar-refractivity contribution in [3.05, 3.63) is 65.4 Å². The lowest BCUT2D eigenvalue weighted by Gasteiger charge is -2.36. The molecule has 0 saturated carbocycles. The maximum atomic E-state index is 13.5. The van der Waals surface area contributed by atoms with E-state index in [2.05, 4.69) is 20.6 Å². The van der Waals surface area contributed by atoms with Crippen LogP contribution in [-0.2, 0) is 12.7 Å². The highest BCUT2D eigenvalue weighted by Crippen LogP contribution is 2.40. The maximum Gasteiger partial charge on any atom is 0.416 e. The van der Waals surface area contributed by atoms with Crippen LogP contribution in [0.25, 0.3) is 0 Å². The Balaban J connectivity index is 1.67. The molecule has 3 aromatic rings. The van der Waals surface area contributed by atoms with Gasteiger partial charge in [0.1, 0.15) is 5.82 Å². The molecule has 1 aliphatic rings. The fourth-order valence-electron chi connectivity index (χ4n) is 4.02. The van der Waals surface area contributed by atoms with Gasteiger partial charge in [0.25, 0.3) is 5.91 Å². The van der Waals surface area contributed by atoms with Gasteiger partial charge in [-0.15, -0.1) is 0 Å². The summed E-state index contributed by atoms with van der Waals surface area (Å²) in [6, 6.07) is 8.58. The summed E-state index contributed by atoms with van der Waals surface area (Å²) in [5, 5.41) is 5.63. The van der Waals surface area contributed by atoms with Gasteiger partial charge in [0.05, 0.1) is 30.6 Å². The molecule has 0 spiro atoms. The van der Waals surface area contributed by atoms with Gasteiger partial charge in [-0.2, -0.15) is 18.2 Å². The van der Waals surface area contributed by atoms with Crippen molar-refractivity contribution in [3.8, 4) is 5.75 Å². The van der Waals surface area contributed by atoms with E-state index in [4.69, 9.17) is 4.74 Å². The van der Waals surface area contributed by atoms with E-state index in [1.165, 1.54) is 23.0 Å². The number of alkyl halides is 3. The number of rotatable bonds is 7. The molecule has 4 rings (SSSR count). The molecule has 194 valence electrons. The smallest absolute Gasteiger partial charge is 0.416 e. The van der Waals surface area contributed by atoms with Crippen LogP contribution in [0, 0.1) is 0 Å². The van der Waals surface area contributed by atoms with Gasteiger partial charge < -0.3 is 15.4 Å². The Hall–Kier alpha value is -4.35. The number of methoxy groups -OCH3 is 1. The van der Waals surface area contributed by atoms with Crippen molar-refractivity contribution >= 4 is 35.1 Å². The molecule has 12 heteroatoms. The Morgan fingerprint density at radius 1 is 1.16 bits per heavy atom. The SMILES string of the molecule is CCNc1ncc2c(n1)N(CC)C(=O)N(c1cccc(NC(=O)c3cccc(C(F)(F)F)c3)c1OC)C2. The summed E-state index contributed by atoms with van der Waals surface area (Å²) in [4.78, 5) is 38.0. The number of amides is 3. The molecule has 9 nitrogen and oxygen atoms in total. The molecule has 0 radical (unpaired) electrons. The zero-order valence-corrected chi connectivity index (χ0v) is 20.4. The van der Waals surface area contributed by atoms with Crippen molar-refractivity contribution in [2.45, 2.75) is 26.6 Å². The van der Waals surface area contributed by atoms with Crippen molar-refractivity contribution in [3.63, 3.8) is 0 Å². The van der Waals surface area contributed by atoms with Crippen molar-refractivity contribution in [1.82, 2.24) is 9.97 Å². The number of urea groups is 1. The van der Waals surface area contributed by atoms with Gasteiger partial charge in [-0.3, -0.25) is 14.6 Å². The lowest BCUT2D eigenvalue weighted by Crippen LogP contribution is -2.48. The Bertz CT molecular complexity index is 1330. The van der Waals surface area contributed by atoms with Crippen LogP contribution in [0.3, 0.4) is 0 Å². The molecule has 0 bridgehead atoms. The second-order valence-corrected chi connectivity index (χ2v) is 8.08. The van der Waals surface area contributed by atoms with E-state index in [1.807, 2.05) is 13.8 Å². The van der Waals surface area contributed by atoms with Gasteiger partial charge in [-0.05, 0) is 44.2 Å². The molecular weight excluding hydrogens is 489 g/mol. The van der Waals surface area contributed by atoms with Crippen molar-refractivity contribution in [2.75, 3.05) is 40.6 Å². The first-order chi connectivity index (χ1) is 17.7. The van der Waals surface area contributed by atoms with Gasteiger partial charge in [0, 0.05) is 30.4 Å². The number of nitrogens with zero attached hydrogens (tertiary/aromatic N) is 4. The van der Waals surface area contributed by atoms with E-state index in [9.17, 15) is 22.8 Å². The van der Waals surface area contributed by atoms with Crippen LogP contribution >= 0.6 is 0 Å². The number of nitrogens with one attached hydrogen (secondary N) is 2. The minimum Gasteiger partial charge on any atom is -0.492 e. The monoisotopic (exact) mass is 514 g/mol. The average Bonchev–Trinajstić information content (AvgIpc) is 2.88. The molecule has 1 aliphatic heterocycles. The lowest BCUT2D eigenvalue weighted by molar-refractivity contribution is -0.137. The van der Waals surface area contributed by atoms with Crippen LogP contribution in [0.1, 0.15) is 35.3 Å². The number of hydrogen-bond donors (Lipinski definition) is 2. The summed E-state index contributed by atoms with van der Waals surface area (Å²) in [6.07, 6.45) is -2.94. The van der Waals surface area contributed by atoms with Crippen LogP contribution in [0.2, 0.25) is 0 Å². The number of carbonyl (C=O) groups is 2. The first-order valence-corrected chi connectivity index (χ1v) is 11.5. The minimum atomic E-state index is -4.58. The average molecular weight is 515 g/mol. The van der Waals surface area contributed by atoms with E-state index in [0.29, 0.717) is 36.1 Å². The molecular formula is C25H25F3N6O3. The quantitative estimate of drug-likeness (QED) is 0.452. The zero-order chi connectivity index (χ0) is 26.7.